The van der Waals surface area contributed by atoms with Crippen LogP contribution >= 0.6 is 0 Å². The van der Waals surface area contributed by atoms with Gasteiger partial charge in [-0.1, -0.05) is 127 Å². The molecule has 0 unspecified atom stereocenters. The van der Waals surface area contributed by atoms with E-state index in [4.69, 9.17) is 13.8 Å². The maximum absolute atomic E-state index is 7.13. The number of pyridine rings is 1. The smallest absolute Gasteiger partial charge is 0.145 e. The Bertz CT molecular complexity index is 3450. The van der Waals surface area contributed by atoms with E-state index in [9.17, 15) is 0 Å². The van der Waals surface area contributed by atoms with Crippen molar-refractivity contribution in [2.45, 2.75) is 0 Å². The Morgan fingerprint density at radius 3 is 1.81 bits per heavy atom. The van der Waals surface area contributed by atoms with Gasteiger partial charge in [0.15, 0.2) is 0 Å². The Labute approximate surface area is 327 Å². The molecule has 0 fully saturated rings. The lowest BCUT2D eigenvalue weighted by Gasteiger charge is -2.10. The highest BCUT2D eigenvalue weighted by atomic mass is 16.3. The number of nitrogens with zero attached hydrogens (tertiary/aromatic N) is 2. The third kappa shape index (κ3) is 4.98. The van der Waals surface area contributed by atoms with E-state index in [0.29, 0.717) is 0 Å². The van der Waals surface area contributed by atoms with Gasteiger partial charge in [0.05, 0.1) is 27.8 Å². The molecule has 57 heavy (non-hydrogen) atoms. The fourth-order valence-corrected chi connectivity index (χ4v) is 8.72. The summed E-state index contributed by atoms with van der Waals surface area (Å²) in [6.45, 7) is 0. The van der Waals surface area contributed by atoms with Gasteiger partial charge in [-0.05, 0) is 89.0 Å². The first kappa shape index (κ1) is 31.6. The van der Waals surface area contributed by atoms with Crippen molar-refractivity contribution in [2.75, 3.05) is 0 Å². The van der Waals surface area contributed by atoms with Gasteiger partial charge in [-0.15, -0.1) is 0 Å². The highest BCUT2D eigenvalue weighted by Crippen LogP contribution is 2.44. The molecule has 0 saturated carbocycles. The highest BCUT2D eigenvalue weighted by molar-refractivity contribution is 6.25. The molecule has 4 heteroatoms. The maximum Gasteiger partial charge on any atom is 0.145 e. The fourth-order valence-electron chi connectivity index (χ4n) is 8.72. The lowest BCUT2D eigenvalue weighted by Crippen LogP contribution is -1.93. The third-order valence-corrected chi connectivity index (χ3v) is 11.4. The van der Waals surface area contributed by atoms with Gasteiger partial charge in [0, 0.05) is 43.7 Å². The minimum atomic E-state index is 0.827. The van der Waals surface area contributed by atoms with E-state index in [1.54, 1.807) is 0 Å². The molecule has 0 radical (unpaired) electrons. The molecule has 8 aromatic carbocycles. The van der Waals surface area contributed by atoms with Crippen molar-refractivity contribution in [3.63, 3.8) is 0 Å². The molecule has 0 N–H and O–H groups in total. The van der Waals surface area contributed by atoms with E-state index in [0.717, 1.165) is 116 Å². The molecule has 12 aromatic rings. The van der Waals surface area contributed by atoms with Gasteiger partial charge in [-0.25, -0.2) is 4.98 Å². The predicted octanol–water partition coefficient (Wildman–Crippen LogP) is 14.6. The van der Waals surface area contributed by atoms with Crippen LogP contribution < -0.4 is 0 Å². The summed E-state index contributed by atoms with van der Waals surface area (Å²) in [6, 6.07) is 68.3. The molecule has 0 bridgehead atoms. The summed E-state index contributed by atoms with van der Waals surface area (Å²) >= 11 is 0. The van der Waals surface area contributed by atoms with Gasteiger partial charge in [0.25, 0.3) is 0 Å². The van der Waals surface area contributed by atoms with Crippen molar-refractivity contribution in [3.8, 4) is 50.5 Å². The van der Waals surface area contributed by atoms with E-state index in [1.165, 1.54) is 0 Å². The van der Waals surface area contributed by atoms with E-state index in [1.807, 2.05) is 18.2 Å². The molecular formula is C53H32N2O2. The Morgan fingerprint density at radius 1 is 0.351 bits per heavy atom. The second kappa shape index (κ2) is 12.4. The molecular weight excluding hydrogens is 697 g/mol. The van der Waals surface area contributed by atoms with Crippen LogP contribution in [0, 0.1) is 0 Å². The number of hydrogen-bond acceptors (Lipinski definition) is 3. The van der Waals surface area contributed by atoms with Crippen LogP contribution in [-0.2, 0) is 0 Å². The number of furan rings is 2. The average Bonchev–Trinajstić information content (AvgIpc) is 3.96. The van der Waals surface area contributed by atoms with E-state index >= 15 is 0 Å². The van der Waals surface area contributed by atoms with Crippen molar-refractivity contribution in [3.05, 3.63) is 194 Å². The molecule has 0 saturated heterocycles. The minimum absolute atomic E-state index is 0.827. The predicted molar refractivity (Wildman–Crippen MR) is 235 cm³/mol. The second-order valence-electron chi connectivity index (χ2n) is 14.7. The summed E-state index contributed by atoms with van der Waals surface area (Å²) < 4.78 is 15.8. The molecule has 4 nitrogen and oxygen atoms in total. The molecule has 266 valence electrons. The number of hydrogen-bond donors (Lipinski definition) is 0. The molecule has 0 amide bonds. The quantitative estimate of drug-likeness (QED) is 0.177. The zero-order valence-electron chi connectivity index (χ0n) is 30.7. The molecule has 4 aromatic heterocycles. The van der Waals surface area contributed by atoms with Crippen molar-refractivity contribution in [1.29, 1.82) is 0 Å². The minimum Gasteiger partial charge on any atom is -0.456 e. The Morgan fingerprint density at radius 2 is 0.982 bits per heavy atom. The highest BCUT2D eigenvalue weighted by Gasteiger charge is 2.22. The van der Waals surface area contributed by atoms with E-state index < -0.39 is 0 Å². The second-order valence-corrected chi connectivity index (χ2v) is 14.7. The van der Waals surface area contributed by atoms with Gasteiger partial charge in [-0.3, -0.25) is 0 Å². The van der Waals surface area contributed by atoms with Crippen molar-refractivity contribution in [1.82, 2.24) is 9.55 Å². The van der Waals surface area contributed by atoms with Crippen LogP contribution in [0.15, 0.2) is 203 Å². The molecule has 0 atom stereocenters. The SMILES string of the molecule is c1ccc(-c2cc(-c3ccccc3)nc(-c3cccc4c3oc3c4ccc4c3c3ccc(-c5ccc6c(c5)oc5ccccc56)cc3n4-c3ccccc3)c2)cc1. The number of fused-ring (bicyclic) bond motifs is 10. The third-order valence-electron chi connectivity index (χ3n) is 11.4. The van der Waals surface area contributed by atoms with Gasteiger partial charge in [0.2, 0.25) is 0 Å². The van der Waals surface area contributed by atoms with Crippen LogP contribution in [0.5, 0.6) is 0 Å². The standard InChI is InChI=1S/C53H32N2O2/c1-4-13-33(14-5-1)37-29-45(34-15-6-2-7-16-34)54-46(30-37)43-21-12-20-41-42-27-28-47-51(53(42)57-52(41)43)44-26-24-35(31-48(44)55(47)38-17-8-3-9-18-38)36-23-25-40-39-19-10-11-22-49(39)56-50(40)32-36/h1-32H. The van der Waals surface area contributed by atoms with E-state index in [-0.39, 0.29) is 0 Å². The monoisotopic (exact) mass is 728 g/mol. The summed E-state index contributed by atoms with van der Waals surface area (Å²) in [5.74, 6) is 0. The molecule has 4 heterocycles. The first-order chi connectivity index (χ1) is 28.2. The van der Waals surface area contributed by atoms with Gasteiger partial charge in [0.1, 0.15) is 22.3 Å². The summed E-state index contributed by atoms with van der Waals surface area (Å²) in [7, 11) is 0. The molecule has 0 aliphatic heterocycles. The number of rotatable bonds is 5. The van der Waals surface area contributed by atoms with Crippen LogP contribution in [0.25, 0.3) is 116 Å². The zero-order chi connectivity index (χ0) is 37.5. The van der Waals surface area contributed by atoms with Crippen molar-refractivity contribution in [2.24, 2.45) is 0 Å². The molecule has 0 aliphatic carbocycles. The Kier molecular flexibility index (Phi) is 6.89. The summed E-state index contributed by atoms with van der Waals surface area (Å²) in [5.41, 5.74) is 15.1. The molecule has 0 spiro atoms. The van der Waals surface area contributed by atoms with Crippen LogP contribution in [0.2, 0.25) is 0 Å². The first-order valence-corrected chi connectivity index (χ1v) is 19.3. The number of aromatic nitrogens is 2. The molecule has 0 aliphatic rings. The van der Waals surface area contributed by atoms with Crippen molar-refractivity contribution < 1.29 is 8.83 Å². The summed E-state index contributed by atoms with van der Waals surface area (Å²) in [4.78, 5) is 5.27. The largest absolute Gasteiger partial charge is 0.456 e. The van der Waals surface area contributed by atoms with Crippen molar-refractivity contribution >= 4 is 65.7 Å². The lowest BCUT2D eigenvalue weighted by atomic mass is 9.99. The summed E-state index contributed by atoms with van der Waals surface area (Å²) in [6.07, 6.45) is 0. The Hall–Kier alpha value is -7.69. The summed E-state index contributed by atoms with van der Waals surface area (Å²) in [5, 5.41) is 6.61. The van der Waals surface area contributed by atoms with E-state index in [2.05, 4.69) is 180 Å². The maximum atomic E-state index is 7.13. The number of para-hydroxylation sites is 3. The normalized spacial score (nSPS) is 11.9. The fraction of sp³-hybridized carbons (Fsp3) is 0. The first-order valence-electron chi connectivity index (χ1n) is 19.3. The van der Waals surface area contributed by atoms with Gasteiger partial charge >= 0.3 is 0 Å². The lowest BCUT2D eigenvalue weighted by molar-refractivity contribution is 0.669. The van der Waals surface area contributed by atoms with Crippen LogP contribution in [-0.4, -0.2) is 9.55 Å². The Balaban J connectivity index is 1.09. The van der Waals surface area contributed by atoms with Crippen LogP contribution in [0.1, 0.15) is 0 Å². The molecule has 12 rings (SSSR count). The van der Waals surface area contributed by atoms with Crippen LogP contribution in [0.4, 0.5) is 0 Å². The zero-order valence-corrected chi connectivity index (χ0v) is 30.7. The topological polar surface area (TPSA) is 44.1 Å². The van der Waals surface area contributed by atoms with Crippen LogP contribution in [0.3, 0.4) is 0 Å². The average molecular weight is 729 g/mol. The van der Waals surface area contributed by atoms with Gasteiger partial charge < -0.3 is 13.4 Å². The van der Waals surface area contributed by atoms with Gasteiger partial charge in [-0.2, -0.15) is 0 Å². The number of benzene rings is 8.